The zero-order valence-electron chi connectivity index (χ0n) is 16.2. The van der Waals surface area contributed by atoms with E-state index in [0.717, 1.165) is 28.0 Å². The number of allylic oxidation sites excluding steroid dienone is 2. The molecule has 2 aromatic heterocycles. The summed E-state index contributed by atoms with van der Waals surface area (Å²) < 4.78 is 2.21. The van der Waals surface area contributed by atoms with Gasteiger partial charge in [0.05, 0.1) is 5.76 Å². The van der Waals surface area contributed by atoms with Crippen LogP contribution < -0.4 is 0 Å². The summed E-state index contributed by atoms with van der Waals surface area (Å²) in [5, 5.41) is 9.46. The standard InChI is InChI=1S/C19H13N2.C5H8O2.Ir/c1-2-9-16(10-3-1)21-18-12-5-4-8-15(18)14-19(21)17-11-6-7-13-20-17;1-4(6)3-5(2)7;/h1-13H;3,6H,1-2H3;/q-1;;/b;4-3-;. The van der Waals surface area contributed by atoms with E-state index in [4.69, 9.17) is 5.11 Å². The number of fused-ring (bicyclic) bond motifs is 1. The van der Waals surface area contributed by atoms with Crippen molar-refractivity contribution in [3.8, 4) is 17.1 Å². The number of ketones is 1. The normalized spacial score (nSPS) is 10.6. The van der Waals surface area contributed by atoms with E-state index in [9.17, 15) is 4.79 Å². The van der Waals surface area contributed by atoms with E-state index in [1.807, 2.05) is 48.7 Å². The number of rotatable bonds is 3. The summed E-state index contributed by atoms with van der Waals surface area (Å²) in [5.74, 6) is -0.0625. The number of carbonyl (C=O) groups excluding carboxylic acids is 1. The van der Waals surface area contributed by atoms with E-state index in [0.29, 0.717) is 0 Å². The summed E-state index contributed by atoms with van der Waals surface area (Å²) in [4.78, 5) is 14.5. The molecule has 2 aromatic carbocycles. The molecule has 2 heterocycles. The smallest absolute Gasteiger partial charge is 0.155 e. The van der Waals surface area contributed by atoms with Gasteiger partial charge in [0.15, 0.2) is 5.78 Å². The van der Waals surface area contributed by atoms with Gasteiger partial charge < -0.3 is 14.7 Å². The van der Waals surface area contributed by atoms with Crippen molar-refractivity contribution in [1.82, 2.24) is 9.55 Å². The number of carbonyl (C=O) groups is 1. The Hall–Kier alpha value is -3.01. The maximum atomic E-state index is 10.0. The first kappa shape index (κ1) is 22.3. The van der Waals surface area contributed by atoms with E-state index in [2.05, 4.69) is 45.9 Å². The number of nitrogens with zero attached hydrogens (tertiary/aromatic N) is 2. The van der Waals surface area contributed by atoms with Crippen LogP contribution in [0.2, 0.25) is 0 Å². The third-order valence-electron chi connectivity index (χ3n) is 3.96. The molecule has 29 heavy (non-hydrogen) atoms. The van der Waals surface area contributed by atoms with Gasteiger partial charge in [-0.25, -0.2) is 0 Å². The van der Waals surface area contributed by atoms with Crippen LogP contribution in [0.5, 0.6) is 0 Å². The van der Waals surface area contributed by atoms with Gasteiger partial charge in [-0.1, -0.05) is 42.5 Å². The van der Waals surface area contributed by atoms with Gasteiger partial charge >= 0.3 is 0 Å². The van der Waals surface area contributed by atoms with E-state index < -0.39 is 0 Å². The molecule has 0 fully saturated rings. The Kier molecular flexibility index (Phi) is 8.08. The van der Waals surface area contributed by atoms with E-state index in [-0.39, 0.29) is 31.6 Å². The van der Waals surface area contributed by atoms with E-state index in [1.165, 1.54) is 19.9 Å². The Balaban J connectivity index is 0.000000327. The van der Waals surface area contributed by atoms with Crippen molar-refractivity contribution in [3.05, 3.63) is 96.9 Å². The summed E-state index contributed by atoms with van der Waals surface area (Å²) in [5.41, 5.74) is 4.18. The largest absolute Gasteiger partial charge is 0.512 e. The Labute approximate surface area is 183 Å². The molecule has 0 aliphatic heterocycles. The van der Waals surface area contributed by atoms with Crippen LogP contribution in [-0.2, 0) is 24.9 Å². The average molecular weight is 562 g/mol. The van der Waals surface area contributed by atoms with Gasteiger partial charge in [0.2, 0.25) is 0 Å². The number of para-hydroxylation sites is 2. The van der Waals surface area contributed by atoms with Gasteiger partial charge in [-0.15, -0.1) is 23.6 Å². The second-order valence-electron chi connectivity index (χ2n) is 6.27. The molecular formula is C24H21IrN2O2-. The average Bonchev–Trinajstić information content (AvgIpc) is 3.08. The fourth-order valence-electron chi connectivity index (χ4n) is 2.90. The molecule has 4 aromatic rings. The molecule has 0 bridgehead atoms. The van der Waals surface area contributed by atoms with Gasteiger partial charge in [0, 0.05) is 43.8 Å². The third-order valence-corrected chi connectivity index (χ3v) is 3.96. The fourth-order valence-corrected chi connectivity index (χ4v) is 2.90. The molecular weight excluding hydrogens is 540 g/mol. The molecule has 4 nitrogen and oxygen atoms in total. The molecule has 0 amide bonds. The number of benzene rings is 2. The fraction of sp³-hybridized carbons (Fsp3) is 0.0833. The van der Waals surface area contributed by atoms with Crippen molar-refractivity contribution in [2.24, 2.45) is 0 Å². The van der Waals surface area contributed by atoms with Crippen LogP contribution >= 0.6 is 0 Å². The number of aromatic nitrogens is 2. The van der Waals surface area contributed by atoms with Crippen molar-refractivity contribution in [3.63, 3.8) is 0 Å². The predicted molar refractivity (Wildman–Crippen MR) is 112 cm³/mol. The van der Waals surface area contributed by atoms with Crippen LogP contribution in [0.4, 0.5) is 0 Å². The van der Waals surface area contributed by atoms with Crippen LogP contribution in [0.25, 0.3) is 28.0 Å². The van der Waals surface area contributed by atoms with Gasteiger partial charge in [-0.05, 0) is 43.3 Å². The zero-order valence-corrected chi connectivity index (χ0v) is 18.6. The molecule has 0 aliphatic carbocycles. The minimum Gasteiger partial charge on any atom is -0.512 e. The molecule has 4 rings (SSSR count). The third kappa shape index (κ3) is 5.73. The zero-order chi connectivity index (χ0) is 19.9. The van der Waals surface area contributed by atoms with E-state index >= 15 is 0 Å². The Morgan fingerprint density at radius 3 is 2.21 bits per heavy atom. The molecule has 0 aliphatic rings. The second-order valence-corrected chi connectivity index (χ2v) is 6.27. The predicted octanol–water partition coefficient (Wildman–Crippen LogP) is 5.53. The first-order chi connectivity index (χ1) is 13.6. The van der Waals surface area contributed by atoms with Crippen molar-refractivity contribution in [1.29, 1.82) is 0 Å². The number of aliphatic hydroxyl groups is 1. The number of pyridine rings is 1. The summed E-state index contributed by atoms with van der Waals surface area (Å²) >= 11 is 0. The molecule has 0 atom stereocenters. The summed E-state index contributed by atoms with van der Waals surface area (Å²) in [7, 11) is 0. The first-order valence-corrected chi connectivity index (χ1v) is 8.93. The van der Waals surface area contributed by atoms with E-state index in [1.54, 1.807) is 0 Å². The van der Waals surface area contributed by atoms with Crippen LogP contribution in [0.3, 0.4) is 0 Å². The molecule has 0 saturated heterocycles. The van der Waals surface area contributed by atoms with Crippen molar-refractivity contribution < 1.29 is 30.0 Å². The number of hydrogen-bond donors (Lipinski definition) is 1. The minimum absolute atomic E-state index is 0. The van der Waals surface area contributed by atoms with Crippen LogP contribution in [0.1, 0.15) is 13.8 Å². The van der Waals surface area contributed by atoms with Gasteiger partial charge in [0.25, 0.3) is 0 Å². The maximum Gasteiger partial charge on any atom is 0.155 e. The van der Waals surface area contributed by atoms with Crippen molar-refractivity contribution in [2.75, 3.05) is 0 Å². The van der Waals surface area contributed by atoms with Crippen molar-refractivity contribution >= 4 is 16.7 Å². The van der Waals surface area contributed by atoms with Crippen LogP contribution in [0, 0.1) is 6.07 Å². The molecule has 1 radical (unpaired) electrons. The SMILES string of the molecule is CC(=O)/C=C(/C)O.[Ir].[c-]1c(-c2ccccn2)n(-c2ccccc2)c2ccccc12. The monoisotopic (exact) mass is 562 g/mol. The molecule has 1 N–H and O–H groups in total. The summed E-state index contributed by atoms with van der Waals surface area (Å²) in [6.07, 6.45) is 2.98. The topological polar surface area (TPSA) is 55.1 Å². The van der Waals surface area contributed by atoms with Gasteiger partial charge in [-0.3, -0.25) is 4.79 Å². The quantitative estimate of drug-likeness (QED) is 0.203. The molecule has 149 valence electrons. The summed E-state index contributed by atoms with van der Waals surface area (Å²) in [6.45, 7) is 2.85. The first-order valence-electron chi connectivity index (χ1n) is 8.93. The molecule has 0 saturated carbocycles. The second kappa shape index (κ2) is 10.5. The Morgan fingerprint density at radius 1 is 0.966 bits per heavy atom. The molecule has 0 unspecified atom stereocenters. The molecule has 0 spiro atoms. The van der Waals surface area contributed by atoms with Gasteiger partial charge in [-0.2, -0.15) is 0 Å². The molecule has 5 heteroatoms. The number of hydrogen-bond acceptors (Lipinski definition) is 3. The Morgan fingerprint density at radius 2 is 1.62 bits per heavy atom. The number of aliphatic hydroxyl groups excluding tert-OH is 1. The van der Waals surface area contributed by atoms with Crippen LogP contribution in [0.15, 0.2) is 90.8 Å². The van der Waals surface area contributed by atoms with Gasteiger partial charge in [0.1, 0.15) is 0 Å². The maximum absolute atomic E-state index is 10.0. The summed E-state index contributed by atoms with van der Waals surface area (Å²) in [6, 6.07) is 28.1. The van der Waals surface area contributed by atoms with Crippen molar-refractivity contribution in [2.45, 2.75) is 13.8 Å². The Bertz CT molecular complexity index is 1100. The minimum atomic E-state index is -0.125. The van der Waals surface area contributed by atoms with Crippen LogP contribution in [-0.4, -0.2) is 20.4 Å².